The number of esters is 1. The van der Waals surface area contributed by atoms with Crippen LogP contribution in [0.1, 0.15) is 32.3 Å². The molecule has 0 bridgehead atoms. The number of amides is 1. The van der Waals surface area contributed by atoms with Crippen molar-refractivity contribution in [2.24, 2.45) is 0 Å². The monoisotopic (exact) mass is 397 g/mol. The predicted molar refractivity (Wildman–Crippen MR) is 96.5 cm³/mol. The average molecular weight is 398 g/mol. The number of ketones is 1. The third-order valence-corrected chi connectivity index (χ3v) is 4.66. The number of carbonyl (C=O) groups excluding carboxylic acids is 3. The molecule has 0 aliphatic carbocycles. The van der Waals surface area contributed by atoms with Crippen LogP contribution < -0.4 is 5.32 Å². The normalized spacial score (nSPS) is 16.9. The van der Waals surface area contributed by atoms with Gasteiger partial charge in [-0.1, -0.05) is 35.3 Å². The summed E-state index contributed by atoms with van der Waals surface area (Å²) in [5.74, 6) is -2.28. The van der Waals surface area contributed by atoms with E-state index >= 15 is 0 Å². The summed E-state index contributed by atoms with van der Waals surface area (Å²) in [7, 11) is 1.19. The summed E-state index contributed by atoms with van der Waals surface area (Å²) in [6.45, 7) is 4.19. The van der Waals surface area contributed by atoms with Gasteiger partial charge in [-0.2, -0.15) is 0 Å². The van der Waals surface area contributed by atoms with Gasteiger partial charge in [-0.25, -0.2) is 4.79 Å². The highest BCUT2D eigenvalue weighted by molar-refractivity contribution is 6.42. The number of Topliss-reactive ketones (excluding diaryl/α,β-unsaturated/α-hetero) is 1. The molecule has 0 fully saturated rings. The van der Waals surface area contributed by atoms with Crippen molar-refractivity contribution in [3.05, 3.63) is 56.6 Å². The molecule has 0 saturated carbocycles. The van der Waals surface area contributed by atoms with E-state index in [0.717, 1.165) is 0 Å². The Hall–Kier alpha value is -2.31. The molecule has 1 aliphatic rings. The van der Waals surface area contributed by atoms with Crippen LogP contribution in [0, 0.1) is 0 Å². The lowest BCUT2D eigenvalue weighted by atomic mass is 9.81. The SMILES string of the molecule is COC(=O)C1=C(NC(C)=O)OC(C)=C(C(C)=O)C1c1cccc(Cl)c1Cl. The van der Waals surface area contributed by atoms with Gasteiger partial charge >= 0.3 is 5.97 Å². The molecule has 1 heterocycles. The molecule has 1 amide bonds. The molecule has 0 radical (unpaired) electrons. The van der Waals surface area contributed by atoms with E-state index < -0.39 is 17.8 Å². The van der Waals surface area contributed by atoms with Crippen LogP contribution >= 0.6 is 23.2 Å². The van der Waals surface area contributed by atoms with Gasteiger partial charge in [0.15, 0.2) is 5.78 Å². The molecule has 1 aliphatic heterocycles. The maximum Gasteiger partial charge on any atom is 0.340 e. The van der Waals surface area contributed by atoms with Crippen LogP contribution in [0.4, 0.5) is 0 Å². The number of nitrogens with one attached hydrogen (secondary N) is 1. The van der Waals surface area contributed by atoms with Crippen molar-refractivity contribution >= 4 is 40.9 Å². The largest absolute Gasteiger partial charge is 0.465 e. The summed E-state index contributed by atoms with van der Waals surface area (Å²) in [5, 5.41) is 2.92. The maximum atomic E-state index is 12.5. The van der Waals surface area contributed by atoms with Crippen molar-refractivity contribution in [3.8, 4) is 0 Å². The quantitative estimate of drug-likeness (QED) is 0.786. The first-order chi connectivity index (χ1) is 12.2. The van der Waals surface area contributed by atoms with Gasteiger partial charge < -0.3 is 9.47 Å². The number of methoxy groups -OCH3 is 1. The number of hydrogen-bond acceptors (Lipinski definition) is 5. The van der Waals surface area contributed by atoms with Crippen molar-refractivity contribution in [1.29, 1.82) is 0 Å². The first-order valence-corrected chi connectivity index (χ1v) is 8.38. The van der Waals surface area contributed by atoms with Crippen molar-refractivity contribution in [1.82, 2.24) is 5.32 Å². The van der Waals surface area contributed by atoms with Crippen LogP contribution in [-0.4, -0.2) is 24.8 Å². The van der Waals surface area contributed by atoms with Crippen molar-refractivity contribution < 1.29 is 23.9 Å². The Morgan fingerprint density at radius 1 is 1.15 bits per heavy atom. The minimum absolute atomic E-state index is 0.0392. The van der Waals surface area contributed by atoms with Crippen molar-refractivity contribution in [3.63, 3.8) is 0 Å². The summed E-state index contributed by atoms with van der Waals surface area (Å²) >= 11 is 12.5. The van der Waals surface area contributed by atoms with Crippen LogP contribution in [0.5, 0.6) is 0 Å². The second-order valence-electron chi connectivity index (χ2n) is 5.62. The van der Waals surface area contributed by atoms with Crippen molar-refractivity contribution in [2.75, 3.05) is 7.11 Å². The molecule has 6 nitrogen and oxygen atoms in total. The van der Waals surface area contributed by atoms with Crippen LogP contribution in [-0.2, 0) is 23.9 Å². The Morgan fingerprint density at radius 2 is 1.81 bits per heavy atom. The van der Waals surface area contributed by atoms with E-state index in [2.05, 4.69) is 5.32 Å². The number of halogens is 2. The Kier molecular flexibility index (Phi) is 6.10. The summed E-state index contributed by atoms with van der Waals surface area (Å²) in [5.41, 5.74) is 0.613. The molecule has 1 atom stereocenters. The van der Waals surface area contributed by atoms with Gasteiger partial charge in [0.05, 0.1) is 23.1 Å². The van der Waals surface area contributed by atoms with Crippen LogP contribution in [0.25, 0.3) is 0 Å². The lowest BCUT2D eigenvalue weighted by Crippen LogP contribution is -2.32. The standard InChI is InChI=1S/C18H17Cl2NO5/c1-8(22)13-9(2)26-17(21-10(3)23)15(18(24)25-4)14(13)11-6-5-7-12(19)16(11)20/h5-7,14H,1-4H3,(H,21,23). The summed E-state index contributed by atoms with van der Waals surface area (Å²) in [4.78, 5) is 36.3. The molecule has 8 heteroatoms. The molecule has 26 heavy (non-hydrogen) atoms. The molecule has 0 spiro atoms. The van der Waals surface area contributed by atoms with E-state index in [-0.39, 0.29) is 38.6 Å². The van der Waals surface area contributed by atoms with E-state index in [1.165, 1.54) is 21.0 Å². The molecule has 1 unspecified atom stereocenters. The lowest BCUT2D eigenvalue weighted by Gasteiger charge is -2.30. The van der Waals surface area contributed by atoms with Gasteiger partial charge in [0.1, 0.15) is 11.3 Å². The summed E-state index contributed by atoms with van der Waals surface area (Å²) in [6.07, 6.45) is 0. The second-order valence-corrected chi connectivity index (χ2v) is 6.40. The highest BCUT2D eigenvalue weighted by Crippen LogP contribution is 2.44. The maximum absolute atomic E-state index is 12.5. The smallest absolute Gasteiger partial charge is 0.340 e. The van der Waals surface area contributed by atoms with Gasteiger partial charge in [-0.15, -0.1) is 0 Å². The zero-order chi connectivity index (χ0) is 19.6. The zero-order valence-electron chi connectivity index (χ0n) is 14.6. The van der Waals surface area contributed by atoms with Gasteiger partial charge in [0, 0.05) is 12.5 Å². The molecular weight excluding hydrogens is 381 g/mol. The number of carbonyl (C=O) groups is 3. The Bertz CT molecular complexity index is 857. The van der Waals surface area contributed by atoms with Gasteiger partial charge in [-0.3, -0.25) is 14.9 Å². The van der Waals surface area contributed by atoms with E-state index in [9.17, 15) is 14.4 Å². The van der Waals surface area contributed by atoms with Crippen molar-refractivity contribution in [2.45, 2.75) is 26.7 Å². The molecular formula is C18H17Cl2NO5. The first kappa shape index (κ1) is 20.0. The average Bonchev–Trinajstić information content (AvgIpc) is 2.55. The number of hydrogen-bond donors (Lipinski definition) is 1. The number of rotatable bonds is 4. The number of allylic oxidation sites excluding steroid dienone is 2. The Balaban J connectivity index is 2.83. The van der Waals surface area contributed by atoms with Crippen LogP contribution in [0.2, 0.25) is 10.0 Å². The summed E-state index contributed by atoms with van der Waals surface area (Å²) in [6, 6.07) is 4.89. The first-order valence-electron chi connectivity index (χ1n) is 7.62. The predicted octanol–water partition coefficient (Wildman–Crippen LogP) is 3.49. The van der Waals surface area contributed by atoms with Crippen LogP contribution in [0.15, 0.2) is 41.0 Å². The molecule has 1 N–H and O–H groups in total. The van der Waals surface area contributed by atoms with E-state index in [0.29, 0.717) is 5.56 Å². The lowest BCUT2D eigenvalue weighted by molar-refractivity contribution is -0.136. The third kappa shape index (κ3) is 3.76. The Morgan fingerprint density at radius 3 is 2.35 bits per heavy atom. The summed E-state index contributed by atoms with van der Waals surface area (Å²) < 4.78 is 10.4. The highest BCUT2D eigenvalue weighted by atomic mass is 35.5. The third-order valence-electron chi connectivity index (χ3n) is 3.82. The molecule has 0 saturated heterocycles. The minimum Gasteiger partial charge on any atom is -0.465 e. The van der Waals surface area contributed by atoms with Gasteiger partial charge in [0.2, 0.25) is 11.8 Å². The highest BCUT2D eigenvalue weighted by Gasteiger charge is 2.40. The number of ether oxygens (including phenoxy) is 2. The molecule has 138 valence electrons. The molecule has 2 rings (SSSR count). The van der Waals surface area contributed by atoms with Crippen LogP contribution in [0.3, 0.4) is 0 Å². The zero-order valence-corrected chi connectivity index (χ0v) is 16.1. The van der Waals surface area contributed by atoms with E-state index in [1.54, 1.807) is 25.1 Å². The Labute approximate surface area is 160 Å². The van der Waals surface area contributed by atoms with E-state index in [4.69, 9.17) is 32.7 Å². The topological polar surface area (TPSA) is 81.7 Å². The molecule has 1 aromatic rings. The van der Waals surface area contributed by atoms with E-state index in [1.807, 2.05) is 0 Å². The molecule has 0 aromatic heterocycles. The fourth-order valence-corrected chi connectivity index (χ4v) is 3.24. The van der Waals surface area contributed by atoms with Gasteiger partial charge in [0.25, 0.3) is 0 Å². The fraction of sp³-hybridized carbons (Fsp3) is 0.278. The number of benzene rings is 1. The minimum atomic E-state index is -0.901. The fourth-order valence-electron chi connectivity index (χ4n) is 2.82. The molecule has 1 aromatic carbocycles. The van der Waals surface area contributed by atoms with Gasteiger partial charge in [-0.05, 0) is 25.5 Å². The second kappa shape index (κ2) is 7.93.